The summed E-state index contributed by atoms with van der Waals surface area (Å²) in [6.07, 6.45) is 3.68. The van der Waals surface area contributed by atoms with Gasteiger partial charge in [-0.3, -0.25) is 4.98 Å². The Hall–Kier alpha value is -1.26. The first-order chi connectivity index (χ1) is 7.36. The van der Waals surface area contributed by atoms with Crippen LogP contribution < -0.4 is 5.32 Å². The van der Waals surface area contributed by atoms with Crippen LogP contribution in [0.25, 0.3) is 0 Å². The third-order valence-corrected chi connectivity index (χ3v) is 2.89. The highest BCUT2D eigenvalue weighted by atomic mass is 32.1. The Morgan fingerprint density at radius 1 is 1.53 bits per heavy atom. The number of pyridine rings is 1. The number of rotatable bonds is 4. The zero-order valence-corrected chi connectivity index (χ0v) is 9.37. The summed E-state index contributed by atoms with van der Waals surface area (Å²) in [4.78, 5) is 8.32. The molecule has 1 N–H and O–H groups in total. The third kappa shape index (κ3) is 2.84. The molecule has 15 heavy (non-hydrogen) atoms. The molecule has 0 saturated heterocycles. The van der Waals surface area contributed by atoms with Crippen LogP contribution in [0.15, 0.2) is 35.4 Å². The Bertz CT molecular complexity index is 385. The average Bonchev–Trinajstić information content (AvgIpc) is 2.80. The van der Waals surface area contributed by atoms with Gasteiger partial charge in [0.05, 0.1) is 11.2 Å². The molecule has 0 radical (unpaired) electrons. The van der Waals surface area contributed by atoms with Gasteiger partial charge in [0.1, 0.15) is 0 Å². The van der Waals surface area contributed by atoms with Crippen molar-refractivity contribution in [1.29, 1.82) is 0 Å². The maximum atomic E-state index is 4.22. The monoisotopic (exact) mass is 219 g/mol. The summed E-state index contributed by atoms with van der Waals surface area (Å²) in [5.41, 5.74) is 4.15. The fraction of sp³-hybridized carbons (Fsp3) is 0.273. The number of hydrogen-bond donors (Lipinski definition) is 1. The van der Waals surface area contributed by atoms with E-state index < -0.39 is 0 Å². The molecule has 0 aliphatic heterocycles. The molecule has 1 atom stereocenters. The second kappa shape index (κ2) is 5.00. The highest BCUT2D eigenvalue weighted by Crippen LogP contribution is 2.11. The first-order valence-corrected chi connectivity index (χ1v) is 5.81. The van der Waals surface area contributed by atoms with E-state index in [2.05, 4.69) is 33.7 Å². The normalized spacial score (nSPS) is 12.6. The van der Waals surface area contributed by atoms with Gasteiger partial charge in [0.15, 0.2) is 0 Å². The lowest BCUT2D eigenvalue weighted by Gasteiger charge is -2.12. The average molecular weight is 219 g/mol. The van der Waals surface area contributed by atoms with Crippen molar-refractivity contribution < 1.29 is 0 Å². The van der Waals surface area contributed by atoms with Gasteiger partial charge in [-0.05, 0) is 18.6 Å². The summed E-state index contributed by atoms with van der Waals surface area (Å²) in [6.45, 7) is 2.93. The molecule has 0 amide bonds. The van der Waals surface area contributed by atoms with Crippen molar-refractivity contribution in [3.63, 3.8) is 0 Å². The van der Waals surface area contributed by atoms with Crippen LogP contribution in [0.1, 0.15) is 24.2 Å². The number of thiazole rings is 1. The van der Waals surface area contributed by atoms with Gasteiger partial charge in [-0.1, -0.05) is 6.07 Å². The lowest BCUT2D eigenvalue weighted by atomic mass is 10.1. The van der Waals surface area contributed by atoms with Crippen molar-refractivity contribution in [3.8, 4) is 0 Å². The van der Waals surface area contributed by atoms with Crippen LogP contribution in [-0.2, 0) is 6.54 Å². The summed E-state index contributed by atoms with van der Waals surface area (Å²) in [5.74, 6) is 0. The lowest BCUT2D eigenvalue weighted by Crippen LogP contribution is -2.18. The molecule has 0 aromatic carbocycles. The molecule has 4 heteroatoms. The summed E-state index contributed by atoms with van der Waals surface area (Å²) in [5, 5.41) is 5.46. The van der Waals surface area contributed by atoms with Crippen LogP contribution in [0, 0.1) is 0 Å². The van der Waals surface area contributed by atoms with E-state index in [-0.39, 0.29) is 0 Å². The van der Waals surface area contributed by atoms with Crippen molar-refractivity contribution in [3.05, 3.63) is 46.7 Å². The molecule has 0 aliphatic rings. The zero-order valence-electron chi connectivity index (χ0n) is 8.55. The van der Waals surface area contributed by atoms with Crippen LogP contribution in [0.2, 0.25) is 0 Å². The SMILES string of the molecule is C[C@H](NCc1cscn1)c1cccnc1. The van der Waals surface area contributed by atoms with Crippen molar-refractivity contribution in [1.82, 2.24) is 15.3 Å². The van der Waals surface area contributed by atoms with Gasteiger partial charge in [0.25, 0.3) is 0 Å². The number of aromatic nitrogens is 2. The Morgan fingerprint density at radius 2 is 2.47 bits per heavy atom. The third-order valence-electron chi connectivity index (χ3n) is 2.26. The topological polar surface area (TPSA) is 37.8 Å². The van der Waals surface area contributed by atoms with Crippen LogP contribution in [0.3, 0.4) is 0 Å². The minimum absolute atomic E-state index is 0.306. The van der Waals surface area contributed by atoms with E-state index in [4.69, 9.17) is 0 Å². The summed E-state index contributed by atoms with van der Waals surface area (Å²) in [7, 11) is 0. The van der Waals surface area contributed by atoms with Crippen molar-refractivity contribution in [2.75, 3.05) is 0 Å². The fourth-order valence-electron chi connectivity index (χ4n) is 1.33. The van der Waals surface area contributed by atoms with Crippen LogP contribution in [0.4, 0.5) is 0 Å². The van der Waals surface area contributed by atoms with E-state index in [1.165, 1.54) is 5.56 Å². The van der Waals surface area contributed by atoms with Crippen molar-refractivity contribution >= 4 is 11.3 Å². The second-order valence-corrected chi connectivity index (χ2v) is 4.09. The minimum Gasteiger partial charge on any atom is -0.304 e. The van der Waals surface area contributed by atoms with Gasteiger partial charge in [-0.15, -0.1) is 11.3 Å². The van der Waals surface area contributed by atoms with Gasteiger partial charge < -0.3 is 5.32 Å². The fourth-order valence-corrected chi connectivity index (χ4v) is 1.89. The first-order valence-electron chi connectivity index (χ1n) is 4.86. The maximum absolute atomic E-state index is 4.22. The smallest absolute Gasteiger partial charge is 0.0795 e. The first kappa shape index (κ1) is 10.3. The van der Waals surface area contributed by atoms with Crippen molar-refractivity contribution in [2.45, 2.75) is 19.5 Å². The van der Waals surface area contributed by atoms with Gasteiger partial charge in [0, 0.05) is 30.4 Å². The molecule has 2 rings (SSSR count). The van der Waals surface area contributed by atoms with Gasteiger partial charge in [-0.2, -0.15) is 0 Å². The van der Waals surface area contributed by atoms with E-state index in [0.717, 1.165) is 12.2 Å². The van der Waals surface area contributed by atoms with Gasteiger partial charge in [-0.25, -0.2) is 4.98 Å². The van der Waals surface area contributed by atoms with E-state index in [1.807, 2.05) is 17.8 Å². The molecular weight excluding hydrogens is 206 g/mol. The Morgan fingerprint density at radius 3 is 3.13 bits per heavy atom. The number of nitrogens with zero attached hydrogens (tertiary/aromatic N) is 2. The lowest BCUT2D eigenvalue weighted by molar-refractivity contribution is 0.567. The van der Waals surface area contributed by atoms with Crippen molar-refractivity contribution in [2.24, 2.45) is 0 Å². The van der Waals surface area contributed by atoms with E-state index in [0.29, 0.717) is 6.04 Å². The Labute approximate surface area is 93.2 Å². The van der Waals surface area contributed by atoms with Crippen LogP contribution in [-0.4, -0.2) is 9.97 Å². The van der Waals surface area contributed by atoms with Gasteiger partial charge in [0.2, 0.25) is 0 Å². The molecule has 0 spiro atoms. The predicted molar refractivity (Wildman–Crippen MR) is 61.6 cm³/mol. The minimum atomic E-state index is 0.306. The largest absolute Gasteiger partial charge is 0.304 e. The molecule has 0 aliphatic carbocycles. The van der Waals surface area contributed by atoms with Crippen LogP contribution in [0.5, 0.6) is 0 Å². The standard InChI is InChI=1S/C11H13N3S/c1-9(10-3-2-4-12-5-10)13-6-11-7-15-8-14-11/h2-5,7-9,13H,6H2,1H3/t9-/m0/s1. The van der Waals surface area contributed by atoms with E-state index in [9.17, 15) is 0 Å². The zero-order chi connectivity index (χ0) is 10.5. The Balaban J connectivity index is 1.90. The second-order valence-electron chi connectivity index (χ2n) is 3.37. The quantitative estimate of drug-likeness (QED) is 0.858. The van der Waals surface area contributed by atoms with Crippen LogP contribution >= 0.6 is 11.3 Å². The highest BCUT2D eigenvalue weighted by molar-refractivity contribution is 7.07. The summed E-state index contributed by atoms with van der Waals surface area (Å²) in [6, 6.07) is 4.34. The predicted octanol–water partition coefficient (Wildman–Crippen LogP) is 2.39. The van der Waals surface area contributed by atoms with Gasteiger partial charge >= 0.3 is 0 Å². The molecule has 0 fully saturated rings. The molecule has 2 aromatic rings. The molecule has 2 heterocycles. The molecule has 0 unspecified atom stereocenters. The summed E-state index contributed by atoms with van der Waals surface area (Å²) < 4.78 is 0. The van der Waals surface area contributed by atoms with E-state index in [1.54, 1.807) is 17.5 Å². The number of nitrogens with one attached hydrogen (secondary N) is 1. The maximum Gasteiger partial charge on any atom is 0.0795 e. The molecule has 3 nitrogen and oxygen atoms in total. The van der Waals surface area contributed by atoms with E-state index >= 15 is 0 Å². The number of hydrogen-bond acceptors (Lipinski definition) is 4. The molecular formula is C11H13N3S. The molecule has 2 aromatic heterocycles. The molecule has 78 valence electrons. The molecule has 0 bridgehead atoms. The molecule has 0 saturated carbocycles. The Kier molecular flexibility index (Phi) is 3.42. The summed E-state index contributed by atoms with van der Waals surface area (Å²) >= 11 is 1.62. The highest BCUT2D eigenvalue weighted by Gasteiger charge is 2.04.